The summed E-state index contributed by atoms with van der Waals surface area (Å²) in [4.78, 5) is 3.96. The van der Waals surface area contributed by atoms with Crippen molar-refractivity contribution < 1.29 is 0 Å². The fourth-order valence-electron chi connectivity index (χ4n) is 1.24. The molecule has 0 saturated heterocycles. The maximum atomic E-state index is 3.96. The molecule has 1 heterocycles. The third kappa shape index (κ3) is 4.51. The minimum atomic E-state index is 1.18. The summed E-state index contributed by atoms with van der Waals surface area (Å²) in [5.41, 5.74) is 0. The first kappa shape index (κ1) is 10.0. The number of unbranched alkanes of at least 4 members (excludes halogenated alkanes) is 4. The van der Waals surface area contributed by atoms with Crippen molar-refractivity contribution in [2.24, 2.45) is 0 Å². The number of aromatic nitrogens is 2. The van der Waals surface area contributed by atoms with E-state index in [4.69, 9.17) is 0 Å². The molecule has 0 unspecified atom stereocenters. The minimum absolute atomic E-state index is 1.18. The molecule has 72 valence electrons. The second-order valence-electron chi connectivity index (χ2n) is 3.24. The van der Waals surface area contributed by atoms with Gasteiger partial charge in [-0.05, 0) is 12.8 Å². The molecule has 1 rings (SSSR count). The van der Waals surface area contributed by atoms with Crippen molar-refractivity contribution in [2.75, 3.05) is 0 Å². The van der Waals surface area contributed by atoms with Crippen LogP contribution in [0.25, 0.3) is 6.20 Å². The van der Waals surface area contributed by atoms with Gasteiger partial charge in [-0.15, -0.1) is 0 Å². The van der Waals surface area contributed by atoms with Gasteiger partial charge >= 0.3 is 0 Å². The van der Waals surface area contributed by atoms with Gasteiger partial charge < -0.3 is 4.57 Å². The first-order chi connectivity index (χ1) is 6.43. The smallest absolute Gasteiger partial charge is 0.0986 e. The average Bonchev–Trinajstić information content (AvgIpc) is 2.63. The van der Waals surface area contributed by atoms with Gasteiger partial charge in [-0.25, -0.2) is 4.98 Å². The number of rotatable bonds is 6. The Morgan fingerprint density at radius 3 is 2.92 bits per heavy atom. The van der Waals surface area contributed by atoms with Crippen LogP contribution in [0, 0.1) is 0 Å². The van der Waals surface area contributed by atoms with Crippen LogP contribution in [0.15, 0.2) is 24.8 Å². The van der Waals surface area contributed by atoms with Gasteiger partial charge in [0.1, 0.15) is 0 Å². The van der Waals surface area contributed by atoms with Gasteiger partial charge in [-0.1, -0.05) is 32.3 Å². The molecule has 13 heavy (non-hydrogen) atoms. The zero-order valence-electron chi connectivity index (χ0n) is 8.32. The summed E-state index contributed by atoms with van der Waals surface area (Å²) in [6.45, 7) is 2.24. The number of hydrogen-bond donors (Lipinski definition) is 0. The van der Waals surface area contributed by atoms with Crippen molar-refractivity contribution in [3.8, 4) is 0 Å². The van der Waals surface area contributed by atoms with Gasteiger partial charge in [-0.2, -0.15) is 0 Å². The van der Waals surface area contributed by atoms with Crippen LogP contribution in [0.2, 0.25) is 0 Å². The predicted octanol–water partition coefficient (Wildman–Crippen LogP) is 3.32. The lowest BCUT2D eigenvalue weighted by Crippen LogP contribution is -1.79. The summed E-state index contributed by atoms with van der Waals surface area (Å²) in [7, 11) is 0. The minimum Gasteiger partial charge on any atom is -0.313 e. The van der Waals surface area contributed by atoms with Crippen LogP contribution in [-0.4, -0.2) is 9.55 Å². The fourth-order valence-corrected chi connectivity index (χ4v) is 1.24. The van der Waals surface area contributed by atoms with Gasteiger partial charge in [0, 0.05) is 18.6 Å². The van der Waals surface area contributed by atoms with Gasteiger partial charge in [0.15, 0.2) is 0 Å². The van der Waals surface area contributed by atoms with E-state index in [9.17, 15) is 0 Å². The van der Waals surface area contributed by atoms with Crippen LogP contribution < -0.4 is 0 Å². The summed E-state index contributed by atoms with van der Waals surface area (Å²) in [5, 5.41) is 0. The number of allylic oxidation sites excluding steroid dienone is 1. The number of hydrogen-bond acceptors (Lipinski definition) is 1. The van der Waals surface area contributed by atoms with E-state index in [1.807, 2.05) is 17.1 Å². The monoisotopic (exact) mass is 178 g/mol. The Morgan fingerprint density at radius 1 is 1.31 bits per heavy atom. The molecule has 0 aromatic carbocycles. The zero-order valence-corrected chi connectivity index (χ0v) is 8.32. The lowest BCUT2D eigenvalue weighted by molar-refractivity contribution is 0.674. The van der Waals surface area contributed by atoms with E-state index >= 15 is 0 Å². The van der Waals surface area contributed by atoms with Crippen molar-refractivity contribution >= 4 is 6.20 Å². The lowest BCUT2D eigenvalue weighted by atomic mass is 10.1. The summed E-state index contributed by atoms with van der Waals surface area (Å²) in [6, 6.07) is 0. The van der Waals surface area contributed by atoms with Gasteiger partial charge in [0.05, 0.1) is 6.33 Å². The summed E-state index contributed by atoms with van der Waals surface area (Å²) >= 11 is 0. The fraction of sp³-hybridized carbons (Fsp3) is 0.545. The summed E-state index contributed by atoms with van der Waals surface area (Å²) < 4.78 is 1.97. The highest BCUT2D eigenvalue weighted by atomic mass is 15.0. The first-order valence-electron chi connectivity index (χ1n) is 5.07. The Bertz CT molecular complexity index is 224. The molecule has 0 saturated carbocycles. The molecule has 1 aromatic heterocycles. The molecular weight excluding hydrogens is 160 g/mol. The Balaban J connectivity index is 2.05. The number of nitrogens with zero attached hydrogens (tertiary/aromatic N) is 2. The van der Waals surface area contributed by atoms with Crippen molar-refractivity contribution in [1.29, 1.82) is 0 Å². The van der Waals surface area contributed by atoms with Crippen LogP contribution in [0.3, 0.4) is 0 Å². The molecule has 0 aliphatic carbocycles. The molecule has 0 aliphatic heterocycles. The first-order valence-corrected chi connectivity index (χ1v) is 5.07. The molecule has 2 nitrogen and oxygen atoms in total. The van der Waals surface area contributed by atoms with Crippen molar-refractivity contribution in [2.45, 2.75) is 39.0 Å². The van der Waals surface area contributed by atoms with E-state index in [1.54, 1.807) is 6.20 Å². The Kier molecular flexibility index (Phi) is 4.99. The lowest BCUT2D eigenvalue weighted by Gasteiger charge is -1.94. The maximum absolute atomic E-state index is 3.96. The van der Waals surface area contributed by atoms with E-state index in [-0.39, 0.29) is 0 Å². The predicted molar refractivity (Wildman–Crippen MR) is 56.3 cm³/mol. The van der Waals surface area contributed by atoms with Gasteiger partial charge in [0.25, 0.3) is 0 Å². The van der Waals surface area contributed by atoms with E-state index in [0.717, 1.165) is 0 Å². The van der Waals surface area contributed by atoms with Gasteiger partial charge in [-0.3, -0.25) is 0 Å². The van der Waals surface area contributed by atoms with Crippen molar-refractivity contribution in [1.82, 2.24) is 9.55 Å². The van der Waals surface area contributed by atoms with E-state index < -0.39 is 0 Å². The summed E-state index contributed by atoms with van der Waals surface area (Å²) in [6.07, 6.45) is 16.3. The Labute approximate surface area is 80.3 Å². The number of imidazole rings is 1. The van der Waals surface area contributed by atoms with Crippen LogP contribution in [0.1, 0.15) is 39.0 Å². The van der Waals surface area contributed by atoms with Crippen LogP contribution >= 0.6 is 0 Å². The van der Waals surface area contributed by atoms with Crippen molar-refractivity contribution in [3.63, 3.8) is 0 Å². The van der Waals surface area contributed by atoms with Crippen LogP contribution in [0.4, 0.5) is 0 Å². The molecule has 0 bridgehead atoms. The third-order valence-electron chi connectivity index (χ3n) is 2.03. The van der Waals surface area contributed by atoms with Crippen LogP contribution in [-0.2, 0) is 0 Å². The van der Waals surface area contributed by atoms with Crippen LogP contribution in [0.5, 0.6) is 0 Å². The quantitative estimate of drug-likeness (QED) is 0.611. The maximum Gasteiger partial charge on any atom is 0.0986 e. The zero-order chi connectivity index (χ0) is 9.36. The second-order valence-corrected chi connectivity index (χ2v) is 3.24. The van der Waals surface area contributed by atoms with Crippen molar-refractivity contribution in [3.05, 3.63) is 24.8 Å². The molecule has 0 amide bonds. The highest BCUT2D eigenvalue weighted by molar-refractivity contribution is 5.20. The van der Waals surface area contributed by atoms with E-state index in [0.29, 0.717) is 0 Å². The van der Waals surface area contributed by atoms with E-state index in [1.165, 1.54) is 32.1 Å². The largest absolute Gasteiger partial charge is 0.313 e. The molecule has 0 atom stereocenters. The molecule has 0 fully saturated rings. The SMILES string of the molecule is CCCCCC/C=C\n1ccnc1. The summed E-state index contributed by atoms with van der Waals surface area (Å²) in [5.74, 6) is 0. The van der Waals surface area contributed by atoms with E-state index in [2.05, 4.69) is 24.2 Å². The third-order valence-corrected chi connectivity index (χ3v) is 2.03. The highest BCUT2D eigenvalue weighted by Gasteiger charge is 1.84. The molecule has 0 radical (unpaired) electrons. The standard InChI is InChI=1S/C11H18N2/c1-2-3-4-5-6-7-9-13-10-8-12-11-13/h7-11H,2-6H2,1H3/b9-7-. The van der Waals surface area contributed by atoms with Gasteiger partial charge in [0.2, 0.25) is 0 Å². The molecular formula is C11H18N2. The molecule has 1 aromatic rings. The average molecular weight is 178 g/mol. The molecule has 2 heteroatoms. The second kappa shape index (κ2) is 6.46. The molecule has 0 N–H and O–H groups in total. The Morgan fingerprint density at radius 2 is 2.23 bits per heavy atom. The normalized spacial score (nSPS) is 11.2. The topological polar surface area (TPSA) is 17.8 Å². The highest BCUT2D eigenvalue weighted by Crippen LogP contribution is 2.03. The Hall–Kier alpha value is -1.05. The molecule has 0 aliphatic rings. The molecule has 0 spiro atoms.